The topological polar surface area (TPSA) is 31.2 Å². The Morgan fingerprint density at radius 2 is 2.17 bits per heavy atom. The van der Waals surface area contributed by atoms with E-state index >= 15 is 0 Å². The lowest BCUT2D eigenvalue weighted by molar-refractivity contribution is 0.0587. The van der Waals surface area contributed by atoms with Gasteiger partial charge in [0.2, 0.25) is 0 Å². The highest BCUT2D eigenvalue weighted by atomic mass is 127. The largest absolute Gasteiger partial charge is 0.464 e. The summed E-state index contributed by atoms with van der Waals surface area (Å²) >= 11 is 2.24. The molecule has 1 heterocycles. The second kappa shape index (κ2) is 6.59. The number of halogens is 1. The van der Waals surface area contributed by atoms with Crippen molar-refractivity contribution in [1.29, 1.82) is 0 Å². The van der Waals surface area contributed by atoms with Gasteiger partial charge in [-0.15, -0.1) is 0 Å². The molecule has 0 saturated heterocycles. The molecule has 0 aromatic carbocycles. The molecule has 0 amide bonds. The van der Waals surface area contributed by atoms with Gasteiger partial charge >= 0.3 is 5.97 Å². The van der Waals surface area contributed by atoms with E-state index in [1.165, 1.54) is 45.6 Å². The Labute approximate surface area is 122 Å². The summed E-state index contributed by atoms with van der Waals surface area (Å²) in [7, 11) is 1.44. The van der Waals surface area contributed by atoms with Crippen LogP contribution in [0.15, 0.2) is 12.3 Å². The number of aryl methyl sites for hydroxylation is 1. The van der Waals surface area contributed by atoms with Crippen LogP contribution in [-0.2, 0) is 11.3 Å². The zero-order chi connectivity index (χ0) is 13.0. The Kier molecular flexibility index (Phi) is 5.09. The molecule has 2 rings (SSSR count). The molecular formula is C14H20INO2. The quantitative estimate of drug-likeness (QED) is 0.603. The molecule has 0 radical (unpaired) electrons. The molecule has 0 bridgehead atoms. The van der Waals surface area contributed by atoms with Gasteiger partial charge in [0.05, 0.1) is 7.11 Å². The smallest absolute Gasteiger partial charge is 0.354 e. The van der Waals surface area contributed by atoms with Crippen molar-refractivity contribution in [3.63, 3.8) is 0 Å². The van der Waals surface area contributed by atoms with E-state index in [-0.39, 0.29) is 5.97 Å². The third-order valence-electron chi connectivity index (χ3n) is 3.76. The van der Waals surface area contributed by atoms with E-state index in [0.717, 1.165) is 16.0 Å². The average Bonchev–Trinajstić information content (AvgIpc) is 2.78. The predicted octanol–water partition coefficient (Wildman–Crippen LogP) is 3.85. The van der Waals surface area contributed by atoms with Crippen molar-refractivity contribution >= 4 is 28.6 Å². The van der Waals surface area contributed by atoms with Crippen molar-refractivity contribution in [3.8, 4) is 0 Å². The first-order valence-electron chi connectivity index (χ1n) is 6.64. The molecular weight excluding hydrogens is 341 g/mol. The van der Waals surface area contributed by atoms with Crippen molar-refractivity contribution in [2.75, 3.05) is 7.11 Å². The molecule has 1 aliphatic rings. The first kappa shape index (κ1) is 13.9. The minimum atomic E-state index is -0.235. The second-order valence-electron chi connectivity index (χ2n) is 5.02. The van der Waals surface area contributed by atoms with Crippen molar-refractivity contribution in [1.82, 2.24) is 4.57 Å². The van der Waals surface area contributed by atoms with Crippen LogP contribution in [0.4, 0.5) is 0 Å². The molecule has 100 valence electrons. The van der Waals surface area contributed by atoms with Gasteiger partial charge in [-0.3, -0.25) is 0 Å². The number of methoxy groups -OCH3 is 1. The summed E-state index contributed by atoms with van der Waals surface area (Å²) in [6, 6.07) is 1.90. The lowest BCUT2D eigenvalue weighted by atomic mass is 9.87. The van der Waals surface area contributed by atoms with Crippen LogP contribution in [0.25, 0.3) is 0 Å². The lowest BCUT2D eigenvalue weighted by Gasteiger charge is -2.21. The molecule has 1 aliphatic carbocycles. The summed E-state index contributed by atoms with van der Waals surface area (Å²) in [6.07, 6.45) is 10.1. The molecule has 0 atom stereocenters. The average molecular weight is 361 g/mol. The van der Waals surface area contributed by atoms with Crippen molar-refractivity contribution < 1.29 is 9.53 Å². The number of carbonyl (C=O) groups excluding carboxylic acids is 1. The highest BCUT2D eigenvalue weighted by molar-refractivity contribution is 14.1. The van der Waals surface area contributed by atoms with E-state index in [1.807, 2.05) is 16.8 Å². The predicted molar refractivity (Wildman–Crippen MR) is 79.7 cm³/mol. The number of carbonyl (C=O) groups is 1. The zero-order valence-electron chi connectivity index (χ0n) is 10.8. The standard InChI is InChI=1S/C14H20INO2/c1-18-14(17)13-9-12(15)10-16(13)8-7-11-5-3-2-4-6-11/h9-11H,2-8H2,1H3. The van der Waals surface area contributed by atoms with Gasteiger partial charge in [0.1, 0.15) is 5.69 Å². The third kappa shape index (κ3) is 3.49. The van der Waals surface area contributed by atoms with Crippen LogP contribution in [0.3, 0.4) is 0 Å². The van der Waals surface area contributed by atoms with E-state index in [2.05, 4.69) is 22.6 Å². The van der Waals surface area contributed by atoms with Gasteiger partial charge in [-0.05, 0) is 41.0 Å². The lowest BCUT2D eigenvalue weighted by Crippen LogP contribution is -2.14. The molecule has 1 aromatic heterocycles. The maximum absolute atomic E-state index is 11.7. The Hall–Kier alpha value is -0.520. The van der Waals surface area contributed by atoms with Gasteiger partial charge < -0.3 is 9.30 Å². The fourth-order valence-electron chi connectivity index (χ4n) is 2.73. The van der Waals surface area contributed by atoms with Gasteiger partial charge in [-0.25, -0.2) is 4.79 Å². The Morgan fingerprint density at radius 3 is 2.83 bits per heavy atom. The first-order valence-corrected chi connectivity index (χ1v) is 7.72. The van der Waals surface area contributed by atoms with E-state index in [0.29, 0.717) is 5.69 Å². The molecule has 18 heavy (non-hydrogen) atoms. The maximum atomic E-state index is 11.7. The van der Waals surface area contributed by atoms with Crippen LogP contribution in [-0.4, -0.2) is 17.6 Å². The summed E-state index contributed by atoms with van der Waals surface area (Å²) in [6.45, 7) is 0.929. The van der Waals surface area contributed by atoms with Crippen LogP contribution >= 0.6 is 22.6 Å². The van der Waals surface area contributed by atoms with Crippen LogP contribution in [0.1, 0.15) is 49.0 Å². The molecule has 0 aliphatic heterocycles. The van der Waals surface area contributed by atoms with Gasteiger partial charge in [-0.1, -0.05) is 32.1 Å². The molecule has 3 nitrogen and oxygen atoms in total. The fourth-order valence-corrected chi connectivity index (χ4v) is 3.36. The van der Waals surface area contributed by atoms with E-state index < -0.39 is 0 Å². The van der Waals surface area contributed by atoms with Crippen LogP contribution < -0.4 is 0 Å². The molecule has 0 spiro atoms. The molecule has 1 aromatic rings. The fraction of sp³-hybridized carbons (Fsp3) is 0.643. The maximum Gasteiger partial charge on any atom is 0.354 e. The van der Waals surface area contributed by atoms with Gasteiger partial charge in [0.25, 0.3) is 0 Å². The summed E-state index contributed by atoms with van der Waals surface area (Å²) in [5.41, 5.74) is 0.678. The summed E-state index contributed by atoms with van der Waals surface area (Å²) < 4.78 is 7.96. The second-order valence-corrected chi connectivity index (χ2v) is 6.27. The molecule has 1 saturated carbocycles. The Bertz CT molecular complexity index is 408. The third-order valence-corrected chi connectivity index (χ3v) is 4.35. The van der Waals surface area contributed by atoms with Gasteiger partial charge in [-0.2, -0.15) is 0 Å². The van der Waals surface area contributed by atoms with Gasteiger partial charge in [0, 0.05) is 16.3 Å². The molecule has 0 unspecified atom stereocenters. The number of aromatic nitrogens is 1. The minimum absolute atomic E-state index is 0.235. The number of hydrogen-bond donors (Lipinski definition) is 0. The minimum Gasteiger partial charge on any atom is -0.464 e. The Morgan fingerprint density at radius 1 is 1.44 bits per heavy atom. The van der Waals surface area contributed by atoms with Crippen LogP contribution in [0.5, 0.6) is 0 Å². The van der Waals surface area contributed by atoms with Crippen LogP contribution in [0.2, 0.25) is 0 Å². The van der Waals surface area contributed by atoms with Crippen molar-refractivity contribution in [3.05, 3.63) is 21.5 Å². The summed E-state index contributed by atoms with van der Waals surface area (Å²) in [5.74, 6) is 0.603. The summed E-state index contributed by atoms with van der Waals surface area (Å²) in [5, 5.41) is 0. The molecule has 4 heteroatoms. The van der Waals surface area contributed by atoms with Gasteiger partial charge in [0.15, 0.2) is 0 Å². The van der Waals surface area contributed by atoms with E-state index in [9.17, 15) is 4.79 Å². The Balaban J connectivity index is 1.97. The number of hydrogen-bond acceptors (Lipinski definition) is 2. The van der Waals surface area contributed by atoms with E-state index in [1.54, 1.807) is 0 Å². The summed E-state index contributed by atoms with van der Waals surface area (Å²) in [4.78, 5) is 11.7. The normalized spacial score (nSPS) is 16.8. The van der Waals surface area contributed by atoms with E-state index in [4.69, 9.17) is 4.74 Å². The first-order chi connectivity index (χ1) is 8.70. The van der Waals surface area contributed by atoms with Crippen LogP contribution in [0, 0.1) is 9.49 Å². The molecule has 1 fully saturated rings. The number of ether oxygens (including phenoxy) is 1. The number of esters is 1. The monoisotopic (exact) mass is 361 g/mol. The highest BCUT2D eigenvalue weighted by Crippen LogP contribution is 2.27. The van der Waals surface area contributed by atoms with Crippen molar-refractivity contribution in [2.45, 2.75) is 45.1 Å². The van der Waals surface area contributed by atoms with Crippen molar-refractivity contribution in [2.24, 2.45) is 5.92 Å². The highest BCUT2D eigenvalue weighted by Gasteiger charge is 2.16. The molecule has 0 N–H and O–H groups in total. The number of rotatable bonds is 4. The SMILES string of the molecule is COC(=O)c1cc(I)cn1CCC1CCCCC1. The number of nitrogens with zero attached hydrogens (tertiary/aromatic N) is 1. The zero-order valence-corrected chi connectivity index (χ0v) is 13.0.